The van der Waals surface area contributed by atoms with E-state index in [1.54, 1.807) is 37.7 Å². The zero-order valence-electron chi connectivity index (χ0n) is 15.5. The Morgan fingerprint density at radius 3 is 2.56 bits per heavy atom. The van der Waals surface area contributed by atoms with Crippen LogP contribution in [0.5, 0.6) is 11.5 Å². The van der Waals surface area contributed by atoms with Gasteiger partial charge in [-0.3, -0.25) is 4.98 Å². The number of pyridine rings is 1. The number of benzene rings is 2. The lowest BCUT2D eigenvalue weighted by atomic mass is 10.1. The lowest BCUT2D eigenvalue weighted by Gasteiger charge is -2.16. The van der Waals surface area contributed by atoms with E-state index in [1.165, 1.54) is 11.6 Å². The SMILES string of the molecule is COc1ccc(CNC(C)c2ccncc2)cc1OCc1ccccc1F. The molecular formula is C22H23FN2O2. The zero-order chi connectivity index (χ0) is 19.1. The highest BCUT2D eigenvalue weighted by Crippen LogP contribution is 2.29. The van der Waals surface area contributed by atoms with Crippen LogP contribution in [0.4, 0.5) is 4.39 Å². The molecule has 0 fully saturated rings. The first-order valence-electron chi connectivity index (χ1n) is 8.84. The molecule has 5 heteroatoms. The Morgan fingerprint density at radius 1 is 1.04 bits per heavy atom. The molecule has 0 bridgehead atoms. The van der Waals surface area contributed by atoms with Crippen molar-refractivity contribution in [1.82, 2.24) is 10.3 Å². The van der Waals surface area contributed by atoms with Crippen molar-refractivity contribution in [3.05, 3.63) is 89.5 Å². The minimum Gasteiger partial charge on any atom is -0.493 e. The molecule has 1 atom stereocenters. The van der Waals surface area contributed by atoms with Gasteiger partial charge in [-0.05, 0) is 48.4 Å². The fourth-order valence-electron chi connectivity index (χ4n) is 2.76. The van der Waals surface area contributed by atoms with Gasteiger partial charge in [0, 0.05) is 30.5 Å². The Labute approximate surface area is 159 Å². The first-order chi connectivity index (χ1) is 13.2. The second kappa shape index (κ2) is 9.14. The fraction of sp³-hybridized carbons (Fsp3) is 0.227. The van der Waals surface area contributed by atoms with Gasteiger partial charge in [0.25, 0.3) is 0 Å². The summed E-state index contributed by atoms with van der Waals surface area (Å²) in [7, 11) is 1.59. The second-order valence-corrected chi connectivity index (χ2v) is 6.25. The van der Waals surface area contributed by atoms with E-state index in [4.69, 9.17) is 9.47 Å². The first kappa shape index (κ1) is 18.9. The van der Waals surface area contributed by atoms with Gasteiger partial charge in [-0.1, -0.05) is 24.3 Å². The maximum atomic E-state index is 13.8. The molecule has 2 aromatic carbocycles. The van der Waals surface area contributed by atoms with E-state index >= 15 is 0 Å². The second-order valence-electron chi connectivity index (χ2n) is 6.25. The van der Waals surface area contributed by atoms with Crippen LogP contribution >= 0.6 is 0 Å². The van der Waals surface area contributed by atoms with Crippen LogP contribution in [0.3, 0.4) is 0 Å². The summed E-state index contributed by atoms with van der Waals surface area (Å²) in [5, 5.41) is 3.48. The fourth-order valence-corrected chi connectivity index (χ4v) is 2.76. The standard InChI is InChI=1S/C22H23FN2O2/c1-16(18-9-11-24-12-10-18)25-14-17-7-8-21(26-2)22(13-17)27-15-19-5-3-4-6-20(19)23/h3-13,16,25H,14-15H2,1-2H3. The van der Waals surface area contributed by atoms with Crippen molar-refractivity contribution in [2.45, 2.75) is 26.1 Å². The van der Waals surface area contributed by atoms with Crippen molar-refractivity contribution >= 4 is 0 Å². The number of rotatable bonds is 8. The number of methoxy groups -OCH3 is 1. The molecule has 0 saturated carbocycles. The molecule has 0 spiro atoms. The molecule has 4 nitrogen and oxygen atoms in total. The Kier molecular flexibility index (Phi) is 6.39. The molecule has 0 amide bonds. The topological polar surface area (TPSA) is 43.4 Å². The molecule has 3 rings (SSSR count). The number of hydrogen-bond acceptors (Lipinski definition) is 4. The van der Waals surface area contributed by atoms with Gasteiger partial charge < -0.3 is 14.8 Å². The molecule has 140 valence electrons. The molecule has 1 unspecified atom stereocenters. The molecule has 3 aromatic rings. The number of halogens is 1. The number of nitrogens with zero attached hydrogens (tertiary/aromatic N) is 1. The number of aromatic nitrogens is 1. The van der Waals surface area contributed by atoms with Crippen molar-refractivity contribution in [3.63, 3.8) is 0 Å². The minimum absolute atomic E-state index is 0.146. The van der Waals surface area contributed by atoms with Crippen LogP contribution in [0.1, 0.15) is 29.7 Å². The van der Waals surface area contributed by atoms with Crippen LogP contribution in [-0.4, -0.2) is 12.1 Å². The average Bonchev–Trinajstić information content (AvgIpc) is 2.72. The largest absolute Gasteiger partial charge is 0.493 e. The van der Waals surface area contributed by atoms with Crippen molar-refractivity contribution in [3.8, 4) is 11.5 Å². The summed E-state index contributed by atoms with van der Waals surface area (Å²) in [5.74, 6) is 0.939. The van der Waals surface area contributed by atoms with Crippen molar-refractivity contribution in [2.24, 2.45) is 0 Å². The van der Waals surface area contributed by atoms with Gasteiger partial charge in [-0.2, -0.15) is 0 Å². The predicted molar refractivity (Wildman–Crippen MR) is 103 cm³/mol. The third-order valence-electron chi connectivity index (χ3n) is 4.39. The molecule has 1 N–H and O–H groups in total. The van der Waals surface area contributed by atoms with Crippen molar-refractivity contribution < 1.29 is 13.9 Å². The number of hydrogen-bond donors (Lipinski definition) is 1. The molecule has 0 saturated heterocycles. The van der Waals surface area contributed by atoms with Gasteiger partial charge in [-0.15, -0.1) is 0 Å². The Balaban J connectivity index is 1.67. The molecule has 0 radical (unpaired) electrons. The summed E-state index contributed by atoms with van der Waals surface area (Å²) < 4.78 is 25.0. The lowest BCUT2D eigenvalue weighted by Crippen LogP contribution is -2.18. The molecule has 0 aliphatic heterocycles. The third kappa shape index (κ3) is 5.05. The maximum Gasteiger partial charge on any atom is 0.161 e. The Morgan fingerprint density at radius 2 is 1.81 bits per heavy atom. The first-order valence-corrected chi connectivity index (χ1v) is 8.84. The average molecular weight is 366 g/mol. The van der Waals surface area contributed by atoms with Gasteiger partial charge in [-0.25, -0.2) is 4.39 Å². The quantitative estimate of drug-likeness (QED) is 0.630. The molecule has 0 aliphatic rings. The van der Waals surface area contributed by atoms with Gasteiger partial charge in [0.1, 0.15) is 12.4 Å². The summed E-state index contributed by atoms with van der Waals surface area (Å²) in [6, 6.07) is 16.6. The van der Waals surface area contributed by atoms with Crippen LogP contribution in [0, 0.1) is 5.82 Å². The molecule has 0 aliphatic carbocycles. The Bertz CT molecular complexity index is 871. The highest BCUT2D eigenvalue weighted by molar-refractivity contribution is 5.43. The third-order valence-corrected chi connectivity index (χ3v) is 4.39. The summed E-state index contributed by atoms with van der Waals surface area (Å²) in [4.78, 5) is 4.04. The zero-order valence-corrected chi connectivity index (χ0v) is 15.5. The van der Waals surface area contributed by atoms with Crippen LogP contribution in [0.2, 0.25) is 0 Å². The minimum atomic E-state index is -0.277. The normalized spacial score (nSPS) is 11.8. The van der Waals surface area contributed by atoms with E-state index in [2.05, 4.69) is 17.2 Å². The summed E-state index contributed by atoms with van der Waals surface area (Å²) in [5.41, 5.74) is 2.74. The van der Waals surface area contributed by atoms with Crippen LogP contribution in [0.15, 0.2) is 67.0 Å². The molecule has 1 heterocycles. The van der Waals surface area contributed by atoms with E-state index in [0.717, 1.165) is 5.56 Å². The van der Waals surface area contributed by atoms with Crippen LogP contribution in [0.25, 0.3) is 0 Å². The summed E-state index contributed by atoms with van der Waals surface area (Å²) >= 11 is 0. The monoisotopic (exact) mass is 366 g/mol. The van der Waals surface area contributed by atoms with E-state index in [1.807, 2.05) is 30.3 Å². The van der Waals surface area contributed by atoms with E-state index in [0.29, 0.717) is 23.6 Å². The van der Waals surface area contributed by atoms with Gasteiger partial charge in [0.15, 0.2) is 11.5 Å². The highest BCUT2D eigenvalue weighted by atomic mass is 19.1. The van der Waals surface area contributed by atoms with Crippen LogP contribution < -0.4 is 14.8 Å². The smallest absolute Gasteiger partial charge is 0.161 e. The van der Waals surface area contributed by atoms with E-state index in [9.17, 15) is 4.39 Å². The lowest BCUT2D eigenvalue weighted by molar-refractivity contribution is 0.279. The Hall–Kier alpha value is -2.92. The molecule has 27 heavy (non-hydrogen) atoms. The van der Waals surface area contributed by atoms with Gasteiger partial charge in [0.05, 0.1) is 7.11 Å². The summed E-state index contributed by atoms with van der Waals surface area (Å²) in [6.07, 6.45) is 3.57. The van der Waals surface area contributed by atoms with Gasteiger partial charge in [0.2, 0.25) is 0 Å². The summed E-state index contributed by atoms with van der Waals surface area (Å²) in [6.45, 7) is 2.92. The van der Waals surface area contributed by atoms with E-state index < -0.39 is 0 Å². The highest BCUT2D eigenvalue weighted by Gasteiger charge is 2.10. The molecular weight excluding hydrogens is 343 g/mol. The number of nitrogens with one attached hydrogen (secondary N) is 1. The van der Waals surface area contributed by atoms with E-state index in [-0.39, 0.29) is 18.5 Å². The maximum absolute atomic E-state index is 13.8. The van der Waals surface area contributed by atoms with Crippen molar-refractivity contribution in [1.29, 1.82) is 0 Å². The van der Waals surface area contributed by atoms with Gasteiger partial charge >= 0.3 is 0 Å². The van der Waals surface area contributed by atoms with Crippen molar-refractivity contribution in [2.75, 3.05) is 7.11 Å². The van der Waals surface area contributed by atoms with Crippen LogP contribution in [-0.2, 0) is 13.2 Å². The number of ether oxygens (including phenoxy) is 2. The predicted octanol–water partition coefficient (Wildman–Crippen LogP) is 4.66. The molecule has 1 aromatic heterocycles.